The first-order valence-electron chi connectivity index (χ1n) is 7.61. The van der Waals surface area contributed by atoms with Gasteiger partial charge in [0.25, 0.3) is 5.56 Å². The normalized spacial score (nSPS) is 18.3. The first-order valence-corrected chi connectivity index (χ1v) is 7.61. The molecule has 2 aromatic heterocycles. The minimum Gasteiger partial charge on any atom is -0.385 e. The van der Waals surface area contributed by atoms with Crippen LogP contribution in [0.4, 0.5) is 0 Å². The minimum atomic E-state index is -0.419. The molecule has 8 heteroatoms. The minimum absolute atomic E-state index is 0.352. The van der Waals surface area contributed by atoms with E-state index in [9.17, 15) is 9.59 Å². The average molecular weight is 307 g/mol. The highest BCUT2D eigenvalue weighted by Gasteiger charge is 2.18. The summed E-state index contributed by atoms with van der Waals surface area (Å²) in [5, 5.41) is 3.40. The number of hydrogen-bond acceptors (Lipinski definition) is 5. The molecule has 1 atom stereocenters. The van der Waals surface area contributed by atoms with E-state index in [2.05, 4.69) is 15.3 Å². The maximum absolute atomic E-state index is 12.2. The molecule has 1 aliphatic heterocycles. The molecule has 0 bridgehead atoms. The van der Waals surface area contributed by atoms with E-state index in [0.717, 1.165) is 19.4 Å². The Kier molecular flexibility index (Phi) is 4.39. The van der Waals surface area contributed by atoms with Crippen LogP contribution in [-0.2, 0) is 17.8 Å². The van der Waals surface area contributed by atoms with Gasteiger partial charge in [-0.1, -0.05) is 0 Å². The van der Waals surface area contributed by atoms with Gasteiger partial charge in [0.05, 0.1) is 6.33 Å². The number of ether oxygens (including phenoxy) is 1. The SMILES string of the molecule is COCCCn1c(=O)[nH]c(=O)c2c1ncn2CC1CCCN1. The van der Waals surface area contributed by atoms with Gasteiger partial charge in [-0.2, -0.15) is 0 Å². The smallest absolute Gasteiger partial charge is 0.330 e. The number of fused-ring (bicyclic) bond motifs is 1. The number of nitrogens with zero attached hydrogens (tertiary/aromatic N) is 3. The monoisotopic (exact) mass is 307 g/mol. The number of methoxy groups -OCH3 is 1. The highest BCUT2D eigenvalue weighted by atomic mass is 16.5. The van der Waals surface area contributed by atoms with Crippen LogP contribution in [0.1, 0.15) is 19.3 Å². The summed E-state index contributed by atoms with van der Waals surface area (Å²) >= 11 is 0. The van der Waals surface area contributed by atoms with Crippen LogP contribution >= 0.6 is 0 Å². The number of aromatic amines is 1. The van der Waals surface area contributed by atoms with E-state index in [4.69, 9.17) is 4.74 Å². The zero-order valence-corrected chi connectivity index (χ0v) is 12.7. The summed E-state index contributed by atoms with van der Waals surface area (Å²) in [7, 11) is 1.62. The highest BCUT2D eigenvalue weighted by Crippen LogP contribution is 2.12. The quantitative estimate of drug-likeness (QED) is 0.713. The Labute approximate surface area is 127 Å². The third kappa shape index (κ3) is 2.84. The second kappa shape index (κ2) is 6.45. The summed E-state index contributed by atoms with van der Waals surface area (Å²) in [6, 6.07) is 0.352. The number of aromatic nitrogens is 4. The summed E-state index contributed by atoms with van der Waals surface area (Å²) in [5.74, 6) is 0. The fourth-order valence-electron chi connectivity index (χ4n) is 2.98. The van der Waals surface area contributed by atoms with Gasteiger partial charge in [-0.3, -0.25) is 14.3 Å². The zero-order chi connectivity index (χ0) is 15.5. The Hall–Kier alpha value is -1.93. The van der Waals surface area contributed by atoms with E-state index in [0.29, 0.717) is 43.3 Å². The van der Waals surface area contributed by atoms with Gasteiger partial charge < -0.3 is 14.6 Å². The lowest BCUT2D eigenvalue weighted by Gasteiger charge is -2.11. The summed E-state index contributed by atoms with van der Waals surface area (Å²) in [6.07, 6.45) is 4.57. The van der Waals surface area contributed by atoms with Crippen molar-refractivity contribution in [3.05, 3.63) is 27.2 Å². The first-order chi connectivity index (χ1) is 10.7. The molecule has 1 aliphatic rings. The van der Waals surface area contributed by atoms with Gasteiger partial charge in [0.15, 0.2) is 11.2 Å². The van der Waals surface area contributed by atoms with E-state index < -0.39 is 5.69 Å². The predicted octanol–water partition coefficient (Wildman–Crippen LogP) is -0.325. The Bertz CT molecular complexity index is 754. The van der Waals surface area contributed by atoms with Crippen LogP contribution < -0.4 is 16.6 Å². The van der Waals surface area contributed by atoms with Crippen molar-refractivity contribution in [2.75, 3.05) is 20.3 Å². The molecule has 2 N–H and O–H groups in total. The number of H-pyrrole nitrogens is 1. The predicted molar refractivity (Wildman–Crippen MR) is 82.1 cm³/mol. The van der Waals surface area contributed by atoms with Crippen LogP contribution in [0.2, 0.25) is 0 Å². The van der Waals surface area contributed by atoms with Crippen molar-refractivity contribution < 1.29 is 4.74 Å². The van der Waals surface area contributed by atoms with Crippen molar-refractivity contribution in [2.45, 2.75) is 38.4 Å². The number of imidazole rings is 1. The molecule has 0 radical (unpaired) electrons. The van der Waals surface area contributed by atoms with Gasteiger partial charge in [0.1, 0.15) is 0 Å². The molecule has 0 aliphatic carbocycles. The fourth-order valence-corrected chi connectivity index (χ4v) is 2.98. The van der Waals surface area contributed by atoms with Gasteiger partial charge in [-0.25, -0.2) is 9.78 Å². The molecule has 3 rings (SSSR count). The summed E-state index contributed by atoms with van der Waals surface area (Å²) in [5.41, 5.74) is 0.116. The van der Waals surface area contributed by atoms with Crippen LogP contribution in [0.5, 0.6) is 0 Å². The number of nitrogens with one attached hydrogen (secondary N) is 2. The van der Waals surface area contributed by atoms with E-state index in [1.807, 2.05) is 4.57 Å². The van der Waals surface area contributed by atoms with Crippen molar-refractivity contribution >= 4 is 11.2 Å². The van der Waals surface area contributed by atoms with Crippen molar-refractivity contribution in [3.8, 4) is 0 Å². The molecule has 1 fully saturated rings. The Balaban J connectivity index is 1.97. The van der Waals surface area contributed by atoms with Gasteiger partial charge in [-0.15, -0.1) is 0 Å². The molecular weight excluding hydrogens is 286 g/mol. The van der Waals surface area contributed by atoms with E-state index in [1.165, 1.54) is 4.57 Å². The second-order valence-corrected chi connectivity index (χ2v) is 5.62. The fraction of sp³-hybridized carbons (Fsp3) is 0.643. The molecule has 2 aromatic rings. The molecule has 8 nitrogen and oxygen atoms in total. The first kappa shape index (κ1) is 15.0. The van der Waals surface area contributed by atoms with E-state index >= 15 is 0 Å². The van der Waals surface area contributed by atoms with Crippen LogP contribution in [0, 0.1) is 0 Å². The maximum Gasteiger partial charge on any atom is 0.330 e. The summed E-state index contributed by atoms with van der Waals surface area (Å²) in [6.45, 7) is 2.73. The van der Waals surface area contributed by atoms with Gasteiger partial charge >= 0.3 is 5.69 Å². The maximum atomic E-state index is 12.2. The van der Waals surface area contributed by atoms with E-state index in [-0.39, 0.29) is 5.56 Å². The van der Waals surface area contributed by atoms with Crippen molar-refractivity contribution in [1.29, 1.82) is 0 Å². The number of hydrogen-bond donors (Lipinski definition) is 2. The molecule has 1 unspecified atom stereocenters. The van der Waals surface area contributed by atoms with Crippen LogP contribution in [0.15, 0.2) is 15.9 Å². The lowest BCUT2D eigenvalue weighted by molar-refractivity contribution is 0.190. The standard InChI is InChI=1S/C14H21N5O3/c1-22-7-3-6-19-12-11(13(20)17-14(19)21)18(9-16-12)8-10-4-2-5-15-10/h9-10,15H,2-8H2,1H3,(H,17,20,21). The van der Waals surface area contributed by atoms with Crippen LogP contribution in [0.3, 0.4) is 0 Å². The molecular formula is C14H21N5O3. The summed E-state index contributed by atoms with van der Waals surface area (Å²) < 4.78 is 8.36. The second-order valence-electron chi connectivity index (χ2n) is 5.62. The van der Waals surface area contributed by atoms with Crippen LogP contribution in [-0.4, -0.2) is 45.4 Å². The lowest BCUT2D eigenvalue weighted by Crippen LogP contribution is -2.32. The van der Waals surface area contributed by atoms with Gasteiger partial charge in [0.2, 0.25) is 0 Å². The molecule has 0 aromatic carbocycles. The Morgan fingerprint density at radius 2 is 2.32 bits per heavy atom. The average Bonchev–Trinajstić information content (AvgIpc) is 3.13. The highest BCUT2D eigenvalue weighted by molar-refractivity contribution is 5.69. The molecule has 120 valence electrons. The Morgan fingerprint density at radius 1 is 1.45 bits per heavy atom. The summed E-state index contributed by atoms with van der Waals surface area (Å²) in [4.78, 5) is 30.9. The Morgan fingerprint density at radius 3 is 3.05 bits per heavy atom. The van der Waals surface area contributed by atoms with Crippen LogP contribution in [0.25, 0.3) is 11.2 Å². The van der Waals surface area contributed by atoms with Crippen molar-refractivity contribution in [1.82, 2.24) is 24.4 Å². The topological polar surface area (TPSA) is 93.9 Å². The largest absolute Gasteiger partial charge is 0.385 e. The van der Waals surface area contributed by atoms with Gasteiger partial charge in [-0.05, 0) is 25.8 Å². The zero-order valence-electron chi connectivity index (χ0n) is 12.7. The molecule has 0 spiro atoms. The van der Waals surface area contributed by atoms with E-state index in [1.54, 1.807) is 13.4 Å². The number of aryl methyl sites for hydroxylation is 1. The lowest BCUT2D eigenvalue weighted by atomic mass is 10.2. The third-order valence-corrected chi connectivity index (χ3v) is 4.06. The molecule has 3 heterocycles. The molecule has 0 saturated carbocycles. The molecule has 0 amide bonds. The van der Waals surface area contributed by atoms with Gasteiger partial charge in [0, 0.05) is 32.8 Å². The molecule has 1 saturated heterocycles. The van der Waals surface area contributed by atoms with Crippen molar-refractivity contribution in [3.63, 3.8) is 0 Å². The number of rotatable bonds is 6. The van der Waals surface area contributed by atoms with Crippen molar-refractivity contribution in [2.24, 2.45) is 0 Å². The third-order valence-electron chi connectivity index (χ3n) is 4.06. The molecule has 22 heavy (non-hydrogen) atoms.